The maximum atomic E-state index is 14.1. The number of aryl methyl sites for hydroxylation is 1. The number of phosphoric acid groups is 1. The smallest absolute Gasteiger partial charge is 0.508 e. The fraction of sp³-hybridized carbons (Fsp3) is 0.870. The molecule has 0 aliphatic carbocycles. The van der Waals surface area contributed by atoms with Crippen LogP contribution in [0, 0.1) is 0 Å². The van der Waals surface area contributed by atoms with E-state index in [2.05, 4.69) is 20.8 Å². The molecule has 0 radical (unpaired) electrons. The molecule has 1 aromatic carbocycles. The molecule has 0 spiro atoms. The molecule has 5 nitrogen and oxygen atoms in total. The quantitative estimate of drug-likeness (QED) is 0.0532. The first-order valence-electron chi connectivity index (χ1n) is 24.5. The van der Waals surface area contributed by atoms with Gasteiger partial charge >= 0.3 is 7.82 Å². The van der Waals surface area contributed by atoms with E-state index in [4.69, 9.17) is 19.1 Å². The van der Waals surface area contributed by atoms with Gasteiger partial charge in [-0.1, -0.05) is 220 Å². The van der Waals surface area contributed by atoms with Crippen molar-refractivity contribution in [1.82, 2.24) is 0 Å². The lowest BCUT2D eigenvalue weighted by Gasteiger charge is -2.20. The van der Waals surface area contributed by atoms with Gasteiger partial charge in [0, 0.05) is 5.48 Å². The zero-order valence-corrected chi connectivity index (χ0v) is 35.3. The Balaban J connectivity index is 2.50. The number of phosphoric ester groups is 1. The van der Waals surface area contributed by atoms with Crippen molar-refractivity contribution >= 4 is 7.82 Å². The molecule has 1 rings (SSSR count). The summed E-state index contributed by atoms with van der Waals surface area (Å²) in [6, 6.07) is 4.66. The highest BCUT2D eigenvalue weighted by Gasteiger charge is 2.29. The van der Waals surface area contributed by atoms with Crippen molar-refractivity contribution in [1.29, 1.82) is 0 Å². The molecule has 0 fully saturated rings. The summed E-state index contributed by atoms with van der Waals surface area (Å²) in [5, 5.41) is 10.1. The van der Waals surface area contributed by atoms with Crippen LogP contribution in [0.15, 0.2) is 18.2 Å². The molecule has 0 aliphatic heterocycles. The molecule has 0 aromatic heterocycles. The third kappa shape index (κ3) is 30.3. The summed E-state index contributed by atoms with van der Waals surface area (Å²) in [6.07, 6.45) is 32.5. The van der Waals surface area contributed by atoms with E-state index >= 15 is 0 Å². The summed E-state index contributed by atoms with van der Waals surface area (Å²) >= 11 is 0. The van der Waals surface area contributed by atoms with Crippen LogP contribution in [0.5, 0.6) is 11.5 Å². The Morgan fingerprint density at radius 1 is 0.500 bits per heavy atom. The Morgan fingerprint density at radius 3 is 1.25 bits per heavy atom. The number of benzene rings is 1. The van der Waals surface area contributed by atoms with Crippen molar-refractivity contribution in [2.75, 3.05) is 13.2 Å². The molecule has 0 amide bonds. The fourth-order valence-electron chi connectivity index (χ4n) is 6.54. The molecule has 0 heterocycles. The van der Waals surface area contributed by atoms with Gasteiger partial charge in [-0.2, -0.15) is 0 Å². The molecular formula is C46H87O5P. The highest BCUT2D eigenvalue weighted by atomic mass is 31.2. The maximum absolute atomic E-state index is 14.1. The Hall–Kier alpha value is -1.03. The van der Waals surface area contributed by atoms with Gasteiger partial charge in [-0.25, -0.2) is 4.57 Å². The SMILES string of the molecule is [3H]C(CCCCCCCCCCCC)CCCC([3H])COP(=O)(OCC([3H])CCCC([3H])CCCCCCCCCCCC)Oc1ccc(O)cc1CCCC. The van der Waals surface area contributed by atoms with Gasteiger partial charge in [-0.3, -0.25) is 9.05 Å². The van der Waals surface area contributed by atoms with Crippen LogP contribution in [0.4, 0.5) is 0 Å². The standard InChI is InChI=1S/C46H87O5P/c1-4-7-10-12-14-16-18-20-22-24-26-28-30-32-34-36-41-49-52(48,51-46-40-39-45(47)43-44(46)38-9-6-3)50-42-37-35-33-31-29-27-25-23-21-19-17-15-13-11-8-5-2/h39-40,43,47H,4-38,41-42H2,1-3H3/i28T,29T,36T,37T. The molecule has 4 atom stereocenters. The van der Waals surface area contributed by atoms with E-state index in [9.17, 15) is 9.67 Å². The molecular weight excluding hydrogens is 663 g/mol. The van der Waals surface area contributed by atoms with Crippen LogP contribution in [0.3, 0.4) is 0 Å². The lowest BCUT2D eigenvalue weighted by molar-refractivity contribution is 0.150. The normalized spacial score (nSPS) is 16.3. The molecule has 0 aliphatic rings. The van der Waals surface area contributed by atoms with Crippen LogP contribution in [-0.2, 0) is 20.0 Å². The average molecular weight is 759 g/mol. The minimum atomic E-state index is -4.19. The fourth-order valence-corrected chi connectivity index (χ4v) is 7.71. The first-order chi connectivity index (χ1) is 27.1. The van der Waals surface area contributed by atoms with Gasteiger partial charge in [-0.15, -0.1) is 0 Å². The van der Waals surface area contributed by atoms with E-state index in [-0.39, 0.29) is 31.8 Å². The largest absolute Gasteiger partial charge is 0.530 e. The molecule has 6 heteroatoms. The molecule has 0 bridgehead atoms. The lowest BCUT2D eigenvalue weighted by atomic mass is 10.0. The molecule has 306 valence electrons. The van der Waals surface area contributed by atoms with Crippen molar-refractivity contribution in [2.45, 2.75) is 245 Å². The minimum Gasteiger partial charge on any atom is -0.508 e. The number of hydrogen-bond acceptors (Lipinski definition) is 5. The van der Waals surface area contributed by atoms with Gasteiger partial charge in [0.2, 0.25) is 0 Å². The Morgan fingerprint density at radius 2 is 0.846 bits per heavy atom. The van der Waals surface area contributed by atoms with Crippen molar-refractivity contribution in [3.8, 4) is 11.5 Å². The highest BCUT2D eigenvalue weighted by Crippen LogP contribution is 2.51. The average Bonchev–Trinajstić information content (AvgIpc) is 3.18. The van der Waals surface area contributed by atoms with Crippen molar-refractivity contribution in [3.05, 3.63) is 23.8 Å². The zero-order valence-electron chi connectivity index (χ0n) is 38.4. The Bertz CT molecular complexity index is 1030. The van der Waals surface area contributed by atoms with Gasteiger partial charge in [0.15, 0.2) is 0 Å². The number of rotatable bonds is 41. The number of phenols is 1. The van der Waals surface area contributed by atoms with Gasteiger partial charge in [0.1, 0.15) is 11.5 Å². The third-order valence-electron chi connectivity index (χ3n) is 9.91. The second-order valence-corrected chi connectivity index (χ2v) is 16.6. The van der Waals surface area contributed by atoms with E-state index in [0.717, 1.165) is 64.2 Å². The molecule has 1 N–H and O–H groups in total. The van der Waals surface area contributed by atoms with Crippen molar-refractivity contribution in [2.24, 2.45) is 0 Å². The molecule has 0 saturated carbocycles. The molecule has 4 unspecified atom stereocenters. The van der Waals surface area contributed by atoms with E-state index in [1.807, 2.05) is 0 Å². The first kappa shape index (κ1) is 42.1. The summed E-state index contributed by atoms with van der Waals surface area (Å²) in [5.41, 5.74) is 0.705. The van der Waals surface area contributed by atoms with Crippen molar-refractivity contribution in [3.63, 3.8) is 0 Å². The van der Waals surface area contributed by atoms with E-state index in [1.54, 1.807) is 12.1 Å². The predicted molar refractivity (Wildman–Crippen MR) is 226 cm³/mol. The maximum Gasteiger partial charge on any atom is 0.530 e. The van der Waals surface area contributed by atoms with Gasteiger partial charge in [-0.05, 0) is 49.4 Å². The summed E-state index contributed by atoms with van der Waals surface area (Å²) in [4.78, 5) is 0. The van der Waals surface area contributed by atoms with Gasteiger partial charge in [0.05, 0.1) is 13.2 Å². The first-order valence-corrected chi connectivity index (χ1v) is 23.7. The highest BCUT2D eigenvalue weighted by molar-refractivity contribution is 7.48. The second-order valence-electron chi connectivity index (χ2n) is 15.0. The molecule has 1 aromatic rings. The van der Waals surface area contributed by atoms with Gasteiger partial charge < -0.3 is 9.63 Å². The van der Waals surface area contributed by atoms with Crippen LogP contribution < -0.4 is 4.52 Å². The summed E-state index contributed by atoms with van der Waals surface area (Å²) < 4.78 is 65.6. The number of hydrogen-bond donors (Lipinski definition) is 1. The molecule has 0 saturated heterocycles. The summed E-state index contributed by atoms with van der Waals surface area (Å²) in [6.45, 7) is 6.31. The van der Waals surface area contributed by atoms with Crippen molar-refractivity contribution < 1.29 is 28.7 Å². The summed E-state index contributed by atoms with van der Waals surface area (Å²) in [5.74, 6) is 0.412. The predicted octanol–water partition coefficient (Wildman–Crippen LogP) is 16.8. The number of aromatic hydroxyl groups is 1. The van der Waals surface area contributed by atoms with E-state index < -0.39 is 20.6 Å². The molecule has 52 heavy (non-hydrogen) atoms. The van der Waals surface area contributed by atoms with E-state index in [0.29, 0.717) is 30.6 Å². The van der Waals surface area contributed by atoms with Crippen LogP contribution >= 0.6 is 7.82 Å². The van der Waals surface area contributed by atoms with E-state index in [1.165, 1.54) is 122 Å². The van der Waals surface area contributed by atoms with Crippen LogP contribution in [0.25, 0.3) is 0 Å². The van der Waals surface area contributed by atoms with Crippen LogP contribution in [-0.4, -0.2) is 18.3 Å². The summed E-state index contributed by atoms with van der Waals surface area (Å²) in [7, 11) is -4.19. The Kier molecular flexibility index (Phi) is 29.9. The second kappa shape index (κ2) is 36.9. The Labute approximate surface area is 329 Å². The number of unbranched alkanes of at least 4 members (excludes halogenated alkanes) is 19. The zero-order chi connectivity index (χ0) is 41.1. The lowest BCUT2D eigenvalue weighted by Crippen LogP contribution is -2.06. The number of phenolic OH excluding ortho intramolecular Hbond substituents is 1. The monoisotopic (exact) mass is 759 g/mol. The third-order valence-corrected chi connectivity index (χ3v) is 11.3. The van der Waals surface area contributed by atoms with Crippen LogP contribution in [0.2, 0.25) is 0 Å². The topological polar surface area (TPSA) is 65.0 Å². The van der Waals surface area contributed by atoms with Gasteiger partial charge in [0.25, 0.3) is 0 Å². The van der Waals surface area contributed by atoms with Crippen LogP contribution in [0.1, 0.15) is 250 Å². The minimum absolute atomic E-state index is 0.0966.